The van der Waals surface area contributed by atoms with Crippen molar-refractivity contribution in [3.05, 3.63) is 20.2 Å². The lowest BCUT2D eigenvalue weighted by Crippen LogP contribution is -2.23. The van der Waals surface area contributed by atoms with Crippen LogP contribution in [0.1, 0.15) is 13.3 Å². The zero-order valence-corrected chi connectivity index (χ0v) is 6.34. The van der Waals surface area contributed by atoms with Gasteiger partial charge in [0.05, 0.1) is 0 Å². The van der Waals surface area contributed by atoms with Gasteiger partial charge in [-0.1, -0.05) is 6.92 Å². The highest BCUT2D eigenvalue weighted by atomic mass is 17.0. The summed E-state index contributed by atoms with van der Waals surface area (Å²) < 4.78 is 0. The van der Waals surface area contributed by atoms with Gasteiger partial charge in [0.1, 0.15) is 12.7 Å². The maximum atomic E-state index is 9.77. The minimum Gasteiger partial charge on any atom is -0.312 e. The molecule has 0 radical (unpaired) electrons. The number of rotatable bonds is 6. The van der Waals surface area contributed by atoms with E-state index in [4.69, 9.17) is 0 Å². The van der Waals surface area contributed by atoms with Crippen molar-refractivity contribution in [2.45, 2.75) is 19.4 Å². The van der Waals surface area contributed by atoms with Crippen LogP contribution in [0, 0.1) is 20.2 Å². The quantitative estimate of drug-likeness (QED) is 0.426. The van der Waals surface area contributed by atoms with E-state index in [1.54, 1.807) is 6.92 Å². The Morgan fingerprint density at radius 3 is 2.25 bits per heavy atom. The first-order valence-electron chi connectivity index (χ1n) is 3.14. The molecule has 0 aromatic heterocycles. The summed E-state index contributed by atoms with van der Waals surface area (Å²) in [5.41, 5.74) is 0. The predicted molar refractivity (Wildman–Crippen MR) is 35.1 cm³/mol. The Labute approximate surface area is 67.3 Å². The van der Waals surface area contributed by atoms with Gasteiger partial charge in [0, 0.05) is 0 Å². The molecule has 0 bridgehead atoms. The summed E-state index contributed by atoms with van der Waals surface area (Å²) in [6.07, 6.45) is -0.611. The van der Waals surface area contributed by atoms with Gasteiger partial charge in [0.2, 0.25) is 0 Å². The Balaban J connectivity index is 3.67. The van der Waals surface area contributed by atoms with Gasteiger partial charge in [-0.15, -0.1) is 20.2 Å². The first kappa shape index (κ1) is 10.4. The van der Waals surface area contributed by atoms with E-state index in [1.807, 2.05) is 0 Å². The Bertz CT molecular complexity index is 171. The highest BCUT2D eigenvalue weighted by molar-refractivity contribution is 4.47. The van der Waals surface area contributed by atoms with Crippen LogP contribution in [0.4, 0.5) is 0 Å². The van der Waals surface area contributed by atoms with E-state index in [-0.39, 0.29) is 6.42 Å². The summed E-state index contributed by atoms with van der Waals surface area (Å²) in [5, 5.41) is 17.4. The van der Waals surface area contributed by atoms with Crippen molar-refractivity contribution in [2.24, 2.45) is 0 Å². The van der Waals surface area contributed by atoms with Crippen molar-refractivity contribution in [1.82, 2.24) is 0 Å². The average Bonchev–Trinajstić information content (AvgIpc) is 1.97. The normalized spacial score (nSPS) is 11.8. The molecule has 12 heavy (non-hydrogen) atoms. The molecule has 0 saturated heterocycles. The van der Waals surface area contributed by atoms with Gasteiger partial charge in [-0.3, -0.25) is 0 Å². The molecule has 0 fully saturated rings. The summed E-state index contributed by atoms with van der Waals surface area (Å²) in [6.45, 7) is 1.17. The molecule has 0 aromatic carbocycles. The zero-order valence-electron chi connectivity index (χ0n) is 6.34. The monoisotopic (exact) mass is 180 g/mol. The smallest absolute Gasteiger partial charge is 0.294 e. The highest BCUT2D eigenvalue weighted by Crippen LogP contribution is 1.98. The second-order valence-corrected chi connectivity index (χ2v) is 1.88. The van der Waals surface area contributed by atoms with Crippen LogP contribution in [-0.2, 0) is 9.68 Å². The first-order chi connectivity index (χ1) is 5.56. The van der Waals surface area contributed by atoms with Crippen molar-refractivity contribution >= 4 is 0 Å². The van der Waals surface area contributed by atoms with E-state index in [2.05, 4.69) is 9.68 Å². The van der Waals surface area contributed by atoms with E-state index in [1.165, 1.54) is 0 Å². The Morgan fingerprint density at radius 1 is 1.33 bits per heavy atom. The number of nitrogens with zero attached hydrogens (tertiary/aromatic N) is 2. The van der Waals surface area contributed by atoms with Gasteiger partial charge in [-0.2, -0.15) is 0 Å². The van der Waals surface area contributed by atoms with Crippen LogP contribution in [0.2, 0.25) is 0 Å². The second-order valence-electron chi connectivity index (χ2n) is 1.88. The standard InChI is InChI=1S/C4H8N2O6/c1-2-4(12-6(9)10)3-11-5(7)8/h4H,2-3H2,1H3. The van der Waals surface area contributed by atoms with Gasteiger partial charge in [-0.25, -0.2) is 0 Å². The molecule has 0 rings (SSSR count). The Morgan fingerprint density at radius 2 is 1.92 bits per heavy atom. The fourth-order valence-corrected chi connectivity index (χ4v) is 0.489. The van der Waals surface area contributed by atoms with Crippen molar-refractivity contribution in [3.63, 3.8) is 0 Å². The lowest BCUT2D eigenvalue weighted by atomic mass is 10.3. The third-order valence-electron chi connectivity index (χ3n) is 1.06. The molecule has 0 spiro atoms. The third kappa shape index (κ3) is 5.21. The van der Waals surface area contributed by atoms with Crippen LogP contribution < -0.4 is 0 Å². The maximum Gasteiger partial charge on any atom is 0.294 e. The molecule has 0 aliphatic rings. The molecule has 0 N–H and O–H groups in total. The van der Waals surface area contributed by atoms with Crippen molar-refractivity contribution < 1.29 is 19.8 Å². The predicted octanol–water partition coefficient (Wildman–Crippen LogP) is 0.182. The molecule has 8 nitrogen and oxygen atoms in total. The summed E-state index contributed by atoms with van der Waals surface area (Å²) in [4.78, 5) is 27.4. The lowest BCUT2D eigenvalue weighted by Gasteiger charge is -2.09. The molecular formula is C4H8N2O6. The van der Waals surface area contributed by atoms with Crippen molar-refractivity contribution in [3.8, 4) is 0 Å². The van der Waals surface area contributed by atoms with Crippen LogP contribution in [0.15, 0.2) is 0 Å². The van der Waals surface area contributed by atoms with Crippen molar-refractivity contribution in [2.75, 3.05) is 6.61 Å². The minimum atomic E-state index is -1.02. The van der Waals surface area contributed by atoms with E-state index >= 15 is 0 Å². The summed E-state index contributed by atoms with van der Waals surface area (Å²) in [5.74, 6) is 0. The van der Waals surface area contributed by atoms with Gasteiger partial charge < -0.3 is 9.68 Å². The fraction of sp³-hybridized carbons (Fsp3) is 1.00. The van der Waals surface area contributed by atoms with Crippen LogP contribution in [0.5, 0.6) is 0 Å². The second kappa shape index (κ2) is 5.10. The Hall–Kier alpha value is -1.60. The van der Waals surface area contributed by atoms with Gasteiger partial charge in [-0.05, 0) is 6.42 Å². The SMILES string of the molecule is CCC(CO[N+](=O)[O-])O[N+](=O)[O-]. The lowest BCUT2D eigenvalue weighted by molar-refractivity contribution is -0.790. The van der Waals surface area contributed by atoms with Gasteiger partial charge in [0.25, 0.3) is 10.2 Å². The van der Waals surface area contributed by atoms with Crippen molar-refractivity contribution in [1.29, 1.82) is 0 Å². The van der Waals surface area contributed by atoms with Gasteiger partial charge >= 0.3 is 0 Å². The largest absolute Gasteiger partial charge is 0.312 e. The zero-order chi connectivity index (χ0) is 9.56. The van der Waals surface area contributed by atoms with E-state index < -0.39 is 22.9 Å². The molecular weight excluding hydrogens is 172 g/mol. The molecule has 8 heteroatoms. The maximum absolute atomic E-state index is 9.77. The molecule has 1 unspecified atom stereocenters. The first-order valence-corrected chi connectivity index (χ1v) is 3.14. The van der Waals surface area contributed by atoms with Crippen LogP contribution in [0.25, 0.3) is 0 Å². The topological polar surface area (TPSA) is 105 Å². The number of hydrogen-bond acceptors (Lipinski definition) is 6. The van der Waals surface area contributed by atoms with Crippen LogP contribution in [-0.4, -0.2) is 22.9 Å². The highest BCUT2D eigenvalue weighted by Gasteiger charge is 2.12. The van der Waals surface area contributed by atoms with Crippen LogP contribution >= 0.6 is 0 Å². The molecule has 1 atom stereocenters. The van der Waals surface area contributed by atoms with E-state index in [9.17, 15) is 20.2 Å². The molecule has 0 saturated carbocycles. The van der Waals surface area contributed by atoms with Crippen LogP contribution in [0.3, 0.4) is 0 Å². The molecule has 0 aliphatic heterocycles. The molecule has 70 valence electrons. The summed E-state index contributed by atoms with van der Waals surface area (Å²) in [7, 11) is 0. The Kier molecular flexibility index (Phi) is 4.42. The number of hydrogen-bond donors (Lipinski definition) is 0. The van der Waals surface area contributed by atoms with Gasteiger partial charge in [0.15, 0.2) is 0 Å². The third-order valence-corrected chi connectivity index (χ3v) is 1.06. The molecule has 0 aliphatic carbocycles. The molecule has 0 aromatic rings. The molecule has 0 amide bonds. The van der Waals surface area contributed by atoms with E-state index in [0.717, 1.165) is 0 Å². The summed E-state index contributed by atoms with van der Waals surface area (Å²) in [6, 6.07) is 0. The average molecular weight is 180 g/mol. The van der Waals surface area contributed by atoms with E-state index in [0.29, 0.717) is 0 Å². The summed E-state index contributed by atoms with van der Waals surface area (Å²) >= 11 is 0. The molecule has 0 heterocycles. The fourth-order valence-electron chi connectivity index (χ4n) is 0.489. The minimum absolute atomic E-state index is 0.273.